The molecule has 0 bridgehead atoms. The smallest absolute Gasteiger partial charge is 0.115 e. The van der Waals surface area contributed by atoms with Crippen LogP contribution >= 0.6 is 0 Å². The minimum Gasteiger partial charge on any atom is -0.383 e. The SMILES string of the molecule is CCNC(COC)Cc1cc(CC)ncn1. The largest absolute Gasteiger partial charge is 0.383 e. The van der Waals surface area contributed by atoms with Crippen LogP contribution in [0.3, 0.4) is 0 Å². The van der Waals surface area contributed by atoms with Gasteiger partial charge in [0.1, 0.15) is 6.33 Å². The summed E-state index contributed by atoms with van der Waals surface area (Å²) in [6, 6.07) is 2.40. The molecule has 90 valence electrons. The Kier molecular flexibility index (Phi) is 5.96. The summed E-state index contributed by atoms with van der Waals surface area (Å²) in [5.41, 5.74) is 2.17. The maximum atomic E-state index is 5.18. The molecule has 0 aliphatic heterocycles. The fourth-order valence-electron chi connectivity index (χ4n) is 1.68. The molecule has 1 aromatic heterocycles. The van der Waals surface area contributed by atoms with Crippen molar-refractivity contribution in [3.63, 3.8) is 0 Å². The van der Waals surface area contributed by atoms with Gasteiger partial charge in [-0.2, -0.15) is 0 Å². The van der Waals surface area contributed by atoms with Crippen LogP contribution < -0.4 is 5.32 Å². The van der Waals surface area contributed by atoms with E-state index in [1.54, 1.807) is 13.4 Å². The molecule has 1 unspecified atom stereocenters. The van der Waals surface area contributed by atoms with Crippen LogP contribution in [0, 0.1) is 0 Å². The van der Waals surface area contributed by atoms with E-state index in [4.69, 9.17) is 4.74 Å². The Morgan fingerprint density at radius 1 is 1.31 bits per heavy atom. The molecule has 0 aliphatic rings. The van der Waals surface area contributed by atoms with Crippen molar-refractivity contribution in [3.05, 3.63) is 23.8 Å². The van der Waals surface area contributed by atoms with Gasteiger partial charge in [-0.25, -0.2) is 9.97 Å². The Morgan fingerprint density at radius 2 is 2.06 bits per heavy atom. The average molecular weight is 223 g/mol. The molecule has 16 heavy (non-hydrogen) atoms. The summed E-state index contributed by atoms with van der Waals surface area (Å²) in [5, 5.41) is 3.38. The molecule has 4 nitrogen and oxygen atoms in total. The molecule has 0 saturated carbocycles. The Hall–Kier alpha value is -1.00. The molecule has 0 radical (unpaired) electrons. The minimum absolute atomic E-state index is 0.328. The van der Waals surface area contributed by atoms with Gasteiger partial charge in [0.15, 0.2) is 0 Å². The lowest BCUT2D eigenvalue weighted by molar-refractivity contribution is 0.166. The van der Waals surface area contributed by atoms with Gasteiger partial charge in [0.2, 0.25) is 0 Å². The number of hydrogen-bond acceptors (Lipinski definition) is 4. The lowest BCUT2D eigenvalue weighted by atomic mass is 10.1. The van der Waals surface area contributed by atoms with E-state index in [1.807, 2.05) is 0 Å². The molecule has 1 rings (SSSR count). The number of nitrogens with one attached hydrogen (secondary N) is 1. The van der Waals surface area contributed by atoms with Crippen LogP contribution in [0.25, 0.3) is 0 Å². The summed E-state index contributed by atoms with van der Waals surface area (Å²) in [4.78, 5) is 8.48. The van der Waals surface area contributed by atoms with E-state index in [2.05, 4.69) is 35.2 Å². The minimum atomic E-state index is 0.328. The number of aromatic nitrogens is 2. The molecular formula is C12H21N3O. The third kappa shape index (κ3) is 4.24. The maximum Gasteiger partial charge on any atom is 0.115 e. The molecule has 0 spiro atoms. The summed E-state index contributed by atoms with van der Waals surface area (Å²) in [5.74, 6) is 0. The summed E-state index contributed by atoms with van der Waals surface area (Å²) in [7, 11) is 1.72. The molecule has 1 atom stereocenters. The Morgan fingerprint density at radius 3 is 2.69 bits per heavy atom. The van der Waals surface area contributed by atoms with Crippen molar-refractivity contribution in [3.8, 4) is 0 Å². The number of rotatable bonds is 7. The number of aryl methyl sites for hydroxylation is 1. The van der Waals surface area contributed by atoms with Gasteiger partial charge in [-0.15, -0.1) is 0 Å². The van der Waals surface area contributed by atoms with Crippen molar-refractivity contribution in [2.24, 2.45) is 0 Å². The molecule has 0 aromatic carbocycles. The predicted molar refractivity (Wildman–Crippen MR) is 64.5 cm³/mol. The zero-order valence-electron chi connectivity index (χ0n) is 10.4. The van der Waals surface area contributed by atoms with Gasteiger partial charge in [-0.3, -0.25) is 0 Å². The van der Waals surface area contributed by atoms with Gasteiger partial charge in [0.25, 0.3) is 0 Å². The highest BCUT2D eigenvalue weighted by Gasteiger charge is 2.09. The van der Waals surface area contributed by atoms with E-state index in [1.165, 1.54) is 0 Å². The summed E-state index contributed by atoms with van der Waals surface area (Å²) >= 11 is 0. The van der Waals surface area contributed by atoms with Crippen molar-refractivity contribution in [2.45, 2.75) is 32.7 Å². The fraction of sp³-hybridized carbons (Fsp3) is 0.667. The fourth-order valence-corrected chi connectivity index (χ4v) is 1.68. The number of ether oxygens (including phenoxy) is 1. The first-order valence-corrected chi connectivity index (χ1v) is 5.82. The van der Waals surface area contributed by atoms with Crippen LogP contribution in [0.2, 0.25) is 0 Å². The normalized spacial score (nSPS) is 12.7. The highest BCUT2D eigenvalue weighted by Crippen LogP contribution is 2.03. The van der Waals surface area contributed by atoms with Crippen LogP contribution in [0.15, 0.2) is 12.4 Å². The maximum absolute atomic E-state index is 5.18. The molecular weight excluding hydrogens is 202 g/mol. The van der Waals surface area contributed by atoms with Gasteiger partial charge >= 0.3 is 0 Å². The predicted octanol–water partition coefficient (Wildman–Crippen LogP) is 1.21. The zero-order valence-corrected chi connectivity index (χ0v) is 10.4. The van der Waals surface area contributed by atoms with Crippen LogP contribution in [-0.2, 0) is 17.6 Å². The van der Waals surface area contributed by atoms with Gasteiger partial charge in [0.05, 0.1) is 6.61 Å². The molecule has 1 aromatic rings. The van der Waals surface area contributed by atoms with E-state index in [9.17, 15) is 0 Å². The molecule has 1 N–H and O–H groups in total. The van der Waals surface area contributed by atoms with Crippen molar-refractivity contribution in [1.82, 2.24) is 15.3 Å². The second-order valence-electron chi connectivity index (χ2n) is 3.77. The third-order valence-corrected chi connectivity index (χ3v) is 2.46. The van der Waals surface area contributed by atoms with Crippen molar-refractivity contribution < 1.29 is 4.74 Å². The second-order valence-corrected chi connectivity index (χ2v) is 3.77. The van der Waals surface area contributed by atoms with E-state index >= 15 is 0 Å². The molecule has 1 heterocycles. The summed E-state index contributed by atoms with van der Waals surface area (Å²) < 4.78 is 5.18. The molecule has 4 heteroatoms. The molecule has 0 aliphatic carbocycles. The lowest BCUT2D eigenvalue weighted by Gasteiger charge is -2.16. The molecule has 0 amide bonds. The number of likely N-dealkylation sites (N-methyl/N-ethyl adjacent to an activating group) is 1. The molecule has 0 fully saturated rings. The summed E-state index contributed by atoms with van der Waals surface area (Å²) in [6.45, 7) is 5.85. The van der Waals surface area contributed by atoms with Crippen LogP contribution in [0.5, 0.6) is 0 Å². The monoisotopic (exact) mass is 223 g/mol. The van der Waals surface area contributed by atoms with Gasteiger partial charge < -0.3 is 10.1 Å². The number of methoxy groups -OCH3 is 1. The van der Waals surface area contributed by atoms with Gasteiger partial charge in [-0.1, -0.05) is 13.8 Å². The second kappa shape index (κ2) is 7.30. The highest BCUT2D eigenvalue weighted by molar-refractivity contribution is 5.09. The standard InChI is InChI=1S/C12H21N3O/c1-4-10-6-11(15-9-14-10)7-12(8-16-3)13-5-2/h6,9,12-13H,4-5,7-8H2,1-3H3. The Bertz CT molecular complexity index is 298. The molecule has 0 saturated heterocycles. The number of hydrogen-bond donors (Lipinski definition) is 1. The average Bonchev–Trinajstić information content (AvgIpc) is 2.30. The third-order valence-electron chi connectivity index (χ3n) is 2.46. The van der Waals surface area contributed by atoms with Crippen molar-refractivity contribution in [1.29, 1.82) is 0 Å². The van der Waals surface area contributed by atoms with Gasteiger partial charge in [0, 0.05) is 31.0 Å². The van der Waals surface area contributed by atoms with Crippen molar-refractivity contribution in [2.75, 3.05) is 20.3 Å². The quantitative estimate of drug-likeness (QED) is 0.754. The van der Waals surface area contributed by atoms with Crippen LogP contribution in [-0.4, -0.2) is 36.3 Å². The van der Waals surface area contributed by atoms with E-state index in [0.29, 0.717) is 12.6 Å². The van der Waals surface area contributed by atoms with Crippen LogP contribution in [0.1, 0.15) is 25.2 Å². The Balaban J connectivity index is 2.60. The van der Waals surface area contributed by atoms with E-state index in [-0.39, 0.29) is 0 Å². The van der Waals surface area contributed by atoms with Crippen LogP contribution in [0.4, 0.5) is 0 Å². The topological polar surface area (TPSA) is 47.0 Å². The Labute approximate surface area is 97.5 Å². The van der Waals surface area contributed by atoms with E-state index in [0.717, 1.165) is 30.8 Å². The van der Waals surface area contributed by atoms with E-state index < -0.39 is 0 Å². The first kappa shape index (κ1) is 13.1. The summed E-state index contributed by atoms with van der Waals surface area (Å²) in [6.07, 6.45) is 3.48. The first-order chi connectivity index (χ1) is 7.80. The zero-order chi connectivity index (χ0) is 11.8. The van der Waals surface area contributed by atoms with Gasteiger partial charge in [-0.05, 0) is 19.0 Å². The van der Waals surface area contributed by atoms with Crippen molar-refractivity contribution >= 4 is 0 Å². The first-order valence-electron chi connectivity index (χ1n) is 5.82. The highest BCUT2D eigenvalue weighted by atomic mass is 16.5. The number of nitrogens with zero attached hydrogens (tertiary/aromatic N) is 2. The lowest BCUT2D eigenvalue weighted by Crippen LogP contribution is -2.35.